The number of rotatable bonds is 2. The van der Waals surface area contributed by atoms with Gasteiger partial charge in [-0.1, -0.05) is 36.4 Å². The maximum atomic E-state index is 14.1. The summed E-state index contributed by atoms with van der Waals surface area (Å²) in [4.78, 5) is 0. The fraction of sp³-hybridized carbons (Fsp3) is 0. The van der Waals surface area contributed by atoms with Crippen LogP contribution < -0.4 is 0 Å². The lowest BCUT2D eigenvalue weighted by Crippen LogP contribution is -1.91. The predicted octanol–water partition coefficient (Wildman–Crippen LogP) is 9.24. The van der Waals surface area contributed by atoms with Crippen LogP contribution >= 0.6 is 0 Å². The molecular weight excluding hydrogens is 588 g/mol. The first kappa shape index (κ1) is 28.1. The molecule has 214 valence electrons. The fourth-order valence-electron chi connectivity index (χ4n) is 6.24. The highest BCUT2D eigenvalue weighted by Gasteiger charge is 2.34. The summed E-state index contributed by atoms with van der Waals surface area (Å²) in [5.41, 5.74) is 7.13. The van der Waals surface area contributed by atoms with Crippen molar-refractivity contribution in [3.63, 3.8) is 0 Å². The van der Waals surface area contributed by atoms with Crippen LogP contribution in [0, 0.1) is 68.6 Å². The van der Waals surface area contributed by atoms with E-state index in [0.29, 0.717) is 77.9 Å². The lowest BCUT2D eigenvalue weighted by atomic mass is 9.93. The summed E-state index contributed by atoms with van der Waals surface area (Å²) >= 11 is 0. The molecule has 5 aromatic rings. The molecule has 0 heterocycles. The number of nitrogens with zero attached hydrogens (tertiary/aromatic N) is 4. The van der Waals surface area contributed by atoms with Crippen LogP contribution in [0.15, 0.2) is 96.1 Å². The van der Waals surface area contributed by atoms with Gasteiger partial charge in [-0.3, -0.25) is 0 Å². The number of hydrogen-bond acceptors (Lipinski definition) is 4. The molecule has 2 aliphatic rings. The average molecular weight is 603 g/mol. The number of fused-ring (bicyclic) bond motifs is 6. The van der Waals surface area contributed by atoms with Gasteiger partial charge in [-0.2, -0.15) is 21.0 Å². The molecule has 0 fully saturated rings. The molecule has 0 unspecified atom stereocenters. The average Bonchev–Trinajstić information content (AvgIpc) is 3.55. The van der Waals surface area contributed by atoms with Gasteiger partial charge in [0.05, 0.1) is 0 Å². The lowest BCUT2D eigenvalue weighted by Gasteiger charge is -2.08. The van der Waals surface area contributed by atoms with E-state index >= 15 is 0 Å². The second kappa shape index (κ2) is 10.5. The standard InChI is InChI=1S/C38H14F4N4/c39-33-7-3-21(11-35(33)41)19-1-5-25-27-13-32-28(14-31(27)37(29(25)9-19)23(15-43)16-44)26-6-2-20(22-4-8-34(40)36(42)12-22)10-30(26)38(32)24(17-45)18-46/h1-14H. The van der Waals surface area contributed by atoms with Crippen molar-refractivity contribution in [3.05, 3.63) is 142 Å². The summed E-state index contributed by atoms with van der Waals surface area (Å²) in [5, 5.41) is 39.8. The van der Waals surface area contributed by atoms with E-state index in [1.165, 1.54) is 12.1 Å². The van der Waals surface area contributed by atoms with Crippen molar-refractivity contribution in [1.82, 2.24) is 0 Å². The van der Waals surface area contributed by atoms with Crippen LogP contribution in [0.1, 0.15) is 22.3 Å². The summed E-state index contributed by atoms with van der Waals surface area (Å²) in [6, 6.07) is 29.0. The Balaban J connectivity index is 1.48. The molecule has 2 aliphatic carbocycles. The Morgan fingerprint density at radius 3 is 1.02 bits per heavy atom. The summed E-state index contributed by atoms with van der Waals surface area (Å²) < 4.78 is 55.5. The molecule has 0 N–H and O–H groups in total. The van der Waals surface area contributed by atoms with E-state index in [2.05, 4.69) is 0 Å². The topological polar surface area (TPSA) is 95.2 Å². The van der Waals surface area contributed by atoms with E-state index in [9.17, 15) is 38.6 Å². The highest BCUT2D eigenvalue weighted by molar-refractivity contribution is 6.11. The lowest BCUT2D eigenvalue weighted by molar-refractivity contribution is 0.509. The van der Waals surface area contributed by atoms with Gasteiger partial charge < -0.3 is 0 Å². The molecule has 0 aliphatic heterocycles. The van der Waals surface area contributed by atoms with Crippen LogP contribution in [-0.2, 0) is 0 Å². The number of nitriles is 4. The zero-order chi connectivity index (χ0) is 32.3. The van der Waals surface area contributed by atoms with Crippen molar-refractivity contribution in [1.29, 1.82) is 21.0 Å². The summed E-state index contributed by atoms with van der Waals surface area (Å²) in [6.07, 6.45) is 0. The molecule has 0 aromatic heterocycles. The first-order valence-corrected chi connectivity index (χ1v) is 13.8. The van der Waals surface area contributed by atoms with Gasteiger partial charge in [-0.25, -0.2) is 17.6 Å². The molecular formula is C38H14F4N4. The Morgan fingerprint density at radius 2 is 0.674 bits per heavy atom. The first-order chi connectivity index (χ1) is 22.3. The van der Waals surface area contributed by atoms with Gasteiger partial charge in [-0.05, 0) is 115 Å². The Kier molecular flexibility index (Phi) is 6.38. The van der Waals surface area contributed by atoms with Crippen molar-refractivity contribution < 1.29 is 17.6 Å². The maximum absolute atomic E-state index is 14.1. The van der Waals surface area contributed by atoms with Crippen LogP contribution in [0.3, 0.4) is 0 Å². The summed E-state index contributed by atoms with van der Waals surface area (Å²) in [7, 11) is 0. The first-order valence-electron chi connectivity index (χ1n) is 13.8. The normalized spacial score (nSPS) is 11.7. The molecule has 0 saturated heterocycles. The van der Waals surface area contributed by atoms with Gasteiger partial charge in [0, 0.05) is 11.1 Å². The number of hydrogen-bond donors (Lipinski definition) is 0. The largest absolute Gasteiger partial charge is 0.204 e. The third-order valence-electron chi connectivity index (χ3n) is 8.31. The Bertz CT molecular complexity index is 2260. The fourth-order valence-corrected chi connectivity index (χ4v) is 6.24. The SMILES string of the molecule is N#CC(C#N)=C1c2cc(-c3ccc(F)c(F)c3)ccc2-c2cc3c(cc21)-c1ccc(-c2ccc(F)c(F)c2)cc1C3=C(C#N)C#N. The van der Waals surface area contributed by atoms with Gasteiger partial charge in [0.1, 0.15) is 35.4 Å². The van der Waals surface area contributed by atoms with Crippen molar-refractivity contribution in [2.75, 3.05) is 0 Å². The molecule has 4 nitrogen and oxygen atoms in total. The monoisotopic (exact) mass is 602 g/mol. The van der Waals surface area contributed by atoms with Gasteiger partial charge in [-0.15, -0.1) is 0 Å². The molecule has 0 saturated carbocycles. The maximum Gasteiger partial charge on any atom is 0.159 e. The molecule has 0 atom stereocenters. The number of benzene rings is 5. The highest BCUT2D eigenvalue weighted by Crippen LogP contribution is 2.54. The second-order valence-corrected chi connectivity index (χ2v) is 10.7. The van der Waals surface area contributed by atoms with Crippen LogP contribution in [-0.4, -0.2) is 0 Å². The van der Waals surface area contributed by atoms with E-state index in [1.54, 1.807) is 48.5 Å². The molecule has 7 rings (SSSR count). The van der Waals surface area contributed by atoms with Crippen LogP contribution in [0.2, 0.25) is 0 Å². The van der Waals surface area contributed by atoms with E-state index in [4.69, 9.17) is 0 Å². The number of halogens is 4. The van der Waals surface area contributed by atoms with Crippen LogP contribution in [0.4, 0.5) is 17.6 Å². The van der Waals surface area contributed by atoms with Crippen molar-refractivity contribution in [2.24, 2.45) is 0 Å². The second-order valence-electron chi connectivity index (χ2n) is 10.7. The van der Waals surface area contributed by atoms with E-state index in [-0.39, 0.29) is 11.1 Å². The van der Waals surface area contributed by atoms with Gasteiger partial charge >= 0.3 is 0 Å². The summed E-state index contributed by atoms with van der Waals surface area (Å²) in [6.45, 7) is 0. The molecule has 5 aromatic carbocycles. The quantitative estimate of drug-likeness (QED) is 0.146. The third-order valence-corrected chi connectivity index (χ3v) is 8.31. The third kappa shape index (κ3) is 4.10. The van der Waals surface area contributed by atoms with E-state index in [0.717, 1.165) is 24.3 Å². The zero-order valence-electron chi connectivity index (χ0n) is 23.4. The Hall–Kier alpha value is -6.74. The zero-order valence-corrected chi connectivity index (χ0v) is 23.4. The minimum atomic E-state index is -1.01. The molecule has 0 radical (unpaired) electrons. The van der Waals surface area contributed by atoms with Crippen LogP contribution in [0.25, 0.3) is 55.7 Å². The Morgan fingerprint density at radius 1 is 0.348 bits per heavy atom. The summed E-state index contributed by atoms with van der Waals surface area (Å²) in [5.74, 6) is -4.00. The molecule has 0 bridgehead atoms. The molecule has 8 heteroatoms. The molecule has 46 heavy (non-hydrogen) atoms. The smallest absolute Gasteiger partial charge is 0.159 e. The Labute approximate surface area is 259 Å². The van der Waals surface area contributed by atoms with E-state index in [1.807, 2.05) is 24.3 Å². The van der Waals surface area contributed by atoms with Crippen molar-refractivity contribution >= 4 is 11.1 Å². The molecule has 0 spiro atoms. The minimum absolute atomic E-state index is 0.153. The van der Waals surface area contributed by atoms with Gasteiger partial charge in [0.25, 0.3) is 0 Å². The highest BCUT2D eigenvalue weighted by atomic mass is 19.2. The number of allylic oxidation sites excluding steroid dienone is 2. The van der Waals surface area contributed by atoms with E-state index < -0.39 is 23.3 Å². The minimum Gasteiger partial charge on any atom is -0.204 e. The molecule has 0 amide bonds. The van der Waals surface area contributed by atoms with Gasteiger partial charge in [0.2, 0.25) is 0 Å². The van der Waals surface area contributed by atoms with Crippen LogP contribution in [0.5, 0.6) is 0 Å². The van der Waals surface area contributed by atoms with Crippen molar-refractivity contribution in [3.8, 4) is 68.8 Å². The van der Waals surface area contributed by atoms with Crippen molar-refractivity contribution in [2.45, 2.75) is 0 Å². The predicted molar refractivity (Wildman–Crippen MR) is 163 cm³/mol. The van der Waals surface area contributed by atoms with Gasteiger partial charge in [0.15, 0.2) is 23.3 Å².